The first kappa shape index (κ1) is 30.0. The Morgan fingerprint density at radius 2 is 1.81 bits per heavy atom. The van der Waals surface area contributed by atoms with Crippen molar-refractivity contribution in [2.24, 2.45) is 11.8 Å². The Morgan fingerprint density at radius 1 is 1.12 bits per heavy atom. The van der Waals surface area contributed by atoms with Gasteiger partial charge in [0.05, 0.1) is 17.3 Å². The van der Waals surface area contributed by atoms with Gasteiger partial charge in [0, 0.05) is 13.1 Å². The number of aromatic nitrogens is 3. The highest BCUT2D eigenvalue weighted by atomic mass is 19.1. The molecule has 2 aromatic heterocycles. The van der Waals surface area contributed by atoms with E-state index in [0.717, 1.165) is 50.5 Å². The van der Waals surface area contributed by atoms with Crippen LogP contribution in [0.25, 0.3) is 11.0 Å². The summed E-state index contributed by atoms with van der Waals surface area (Å²) in [4.78, 5) is 35.5. The maximum atomic E-state index is 15.4. The number of halogens is 1. The number of fused-ring (bicyclic) bond motifs is 1. The molecule has 1 aromatic carbocycles. The van der Waals surface area contributed by atoms with Crippen molar-refractivity contribution in [2.45, 2.75) is 104 Å². The number of aromatic amines is 1. The molecule has 1 aliphatic carbocycles. The highest BCUT2D eigenvalue weighted by Crippen LogP contribution is 2.34. The van der Waals surface area contributed by atoms with Crippen molar-refractivity contribution in [2.75, 3.05) is 13.1 Å². The third kappa shape index (κ3) is 7.31. The average Bonchev–Trinajstić information content (AvgIpc) is 3.53. The van der Waals surface area contributed by atoms with Crippen molar-refractivity contribution >= 4 is 23.0 Å². The van der Waals surface area contributed by atoms with Crippen molar-refractivity contribution in [3.63, 3.8) is 0 Å². The largest absolute Gasteiger partial charge is 0.444 e. The predicted octanol–water partition coefficient (Wildman–Crippen LogP) is 7.02. The second-order valence-electron chi connectivity index (χ2n) is 13.1. The first-order valence-electron chi connectivity index (χ1n) is 15.4. The Bertz CT molecular complexity index is 1380. The van der Waals surface area contributed by atoms with Crippen LogP contribution in [0.5, 0.6) is 0 Å². The van der Waals surface area contributed by atoms with Crippen LogP contribution in [-0.2, 0) is 11.2 Å². The van der Waals surface area contributed by atoms with Gasteiger partial charge in [0.25, 0.3) is 5.91 Å². The van der Waals surface area contributed by atoms with Crippen LogP contribution in [0.4, 0.5) is 9.18 Å². The molecule has 42 heavy (non-hydrogen) atoms. The number of hydrogen-bond acceptors (Lipinski definition) is 6. The van der Waals surface area contributed by atoms with E-state index in [4.69, 9.17) is 14.2 Å². The first-order valence-corrected chi connectivity index (χ1v) is 15.4. The van der Waals surface area contributed by atoms with Crippen LogP contribution in [0.3, 0.4) is 0 Å². The van der Waals surface area contributed by atoms with Crippen molar-refractivity contribution < 1.29 is 23.2 Å². The number of likely N-dealkylation sites (tertiary alicyclic amines) is 1. The van der Waals surface area contributed by atoms with E-state index in [2.05, 4.69) is 15.5 Å². The van der Waals surface area contributed by atoms with Crippen LogP contribution in [-0.4, -0.2) is 50.7 Å². The van der Waals surface area contributed by atoms with Gasteiger partial charge >= 0.3 is 6.09 Å². The molecule has 2 fully saturated rings. The molecule has 228 valence electrons. The second-order valence-corrected chi connectivity index (χ2v) is 13.1. The molecule has 1 atom stereocenters. The summed E-state index contributed by atoms with van der Waals surface area (Å²) in [5.41, 5.74) is 2.24. The number of imidazole rings is 1. The molecule has 2 aliphatic rings. The van der Waals surface area contributed by atoms with Crippen LogP contribution in [0.2, 0.25) is 0 Å². The Kier molecular flexibility index (Phi) is 9.18. The molecule has 0 radical (unpaired) electrons. The van der Waals surface area contributed by atoms with Crippen LogP contribution in [0.15, 0.2) is 22.9 Å². The standard InChI is InChI=1S/C32H44FN5O4/c1-20-24(19-41-37-20)30(39)36-27(23-10-8-6-5-7-9-11-23)29-34-26-18-22(17-25(33)28(26)35-29)16-21-12-14-38(15-13-21)31(40)42-32(2,3)4/h17-19,21,23,27H,5-16H2,1-4H3,(H,34,35)(H,36,39). The zero-order valence-electron chi connectivity index (χ0n) is 25.3. The zero-order valence-corrected chi connectivity index (χ0v) is 25.3. The van der Waals surface area contributed by atoms with Gasteiger partial charge in [0.15, 0.2) is 5.82 Å². The highest BCUT2D eigenvalue weighted by molar-refractivity contribution is 5.95. The third-order valence-corrected chi connectivity index (χ3v) is 8.61. The summed E-state index contributed by atoms with van der Waals surface area (Å²) < 4.78 is 26.0. The molecule has 1 saturated carbocycles. The molecule has 0 spiro atoms. The normalized spacial score (nSPS) is 18.5. The number of hydrogen-bond donors (Lipinski definition) is 2. The number of H-pyrrole nitrogens is 1. The molecule has 1 aliphatic heterocycles. The summed E-state index contributed by atoms with van der Waals surface area (Å²) in [6, 6.07) is 3.19. The van der Waals surface area contributed by atoms with Crippen LogP contribution >= 0.6 is 0 Å². The van der Waals surface area contributed by atoms with E-state index in [1.54, 1.807) is 17.9 Å². The van der Waals surface area contributed by atoms with Crippen LogP contribution in [0.1, 0.15) is 112 Å². The highest BCUT2D eigenvalue weighted by Gasteiger charge is 2.31. The summed E-state index contributed by atoms with van der Waals surface area (Å²) in [5, 5.41) is 7.04. The van der Waals surface area contributed by atoms with E-state index >= 15 is 4.39 Å². The zero-order chi connectivity index (χ0) is 29.9. The minimum absolute atomic E-state index is 0.188. The Morgan fingerprint density at radius 3 is 2.45 bits per heavy atom. The summed E-state index contributed by atoms with van der Waals surface area (Å²) in [5.74, 6) is 0.484. The van der Waals surface area contributed by atoms with E-state index in [1.807, 2.05) is 26.8 Å². The molecule has 3 aromatic rings. The Balaban J connectivity index is 1.33. The molecule has 9 nitrogen and oxygen atoms in total. The summed E-state index contributed by atoms with van der Waals surface area (Å²) >= 11 is 0. The second kappa shape index (κ2) is 12.8. The number of carbonyl (C=O) groups is 2. The number of nitrogens with zero attached hydrogens (tertiary/aromatic N) is 3. The molecule has 1 unspecified atom stereocenters. The maximum Gasteiger partial charge on any atom is 0.410 e. The minimum Gasteiger partial charge on any atom is -0.444 e. The summed E-state index contributed by atoms with van der Waals surface area (Å²) in [6.07, 6.45) is 11.2. The number of aryl methyl sites for hydroxylation is 1. The molecule has 2 N–H and O–H groups in total. The lowest BCUT2D eigenvalue weighted by Crippen LogP contribution is -2.42. The lowest BCUT2D eigenvalue weighted by atomic mass is 9.85. The number of nitrogens with one attached hydrogen (secondary N) is 2. The molecule has 1 saturated heterocycles. The van der Waals surface area contributed by atoms with Gasteiger partial charge in [-0.05, 0) is 89.3 Å². The SMILES string of the molecule is Cc1nocc1C(=O)NC(c1nc2c(F)cc(CC3CCN(C(=O)OC(C)(C)C)CC3)cc2[nH]1)C1CCCCCCC1. The monoisotopic (exact) mass is 581 g/mol. The fraction of sp³-hybridized carbons (Fsp3) is 0.625. The molecule has 0 bridgehead atoms. The smallest absolute Gasteiger partial charge is 0.410 e. The van der Waals surface area contributed by atoms with Gasteiger partial charge in [-0.2, -0.15) is 0 Å². The Hall–Kier alpha value is -3.43. The van der Waals surface area contributed by atoms with Crippen LogP contribution < -0.4 is 5.32 Å². The lowest BCUT2D eigenvalue weighted by Gasteiger charge is -2.33. The third-order valence-electron chi connectivity index (χ3n) is 8.61. The van der Waals surface area contributed by atoms with E-state index in [-0.39, 0.29) is 29.8 Å². The fourth-order valence-corrected chi connectivity index (χ4v) is 6.36. The maximum absolute atomic E-state index is 15.4. The van der Waals surface area contributed by atoms with Gasteiger partial charge in [-0.25, -0.2) is 14.2 Å². The lowest BCUT2D eigenvalue weighted by molar-refractivity contribution is 0.0184. The molecule has 5 rings (SSSR count). The number of ether oxygens (including phenoxy) is 1. The van der Waals surface area contributed by atoms with Crippen molar-refractivity contribution in [1.82, 2.24) is 25.3 Å². The number of piperidine rings is 1. The van der Waals surface area contributed by atoms with Crippen molar-refractivity contribution in [1.29, 1.82) is 0 Å². The molecule has 2 amide bonds. The van der Waals surface area contributed by atoms with Gasteiger partial charge in [0.1, 0.15) is 28.8 Å². The van der Waals surface area contributed by atoms with Gasteiger partial charge in [-0.3, -0.25) is 4.79 Å². The van der Waals surface area contributed by atoms with Crippen LogP contribution in [0, 0.1) is 24.6 Å². The Labute approximate surface area is 246 Å². The number of carbonyl (C=O) groups excluding carboxylic acids is 2. The number of benzene rings is 1. The van der Waals surface area contributed by atoms with Gasteiger partial charge < -0.3 is 24.5 Å². The van der Waals surface area contributed by atoms with Gasteiger partial charge in [0.2, 0.25) is 0 Å². The number of rotatable bonds is 6. The molecular weight excluding hydrogens is 537 g/mol. The summed E-state index contributed by atoms with van der Waals surface area (Å²) in [6.45, 7) is 8.61. The predicted molar refractivity (Wildman–Crippen MR) is 158 cm³/mol. The molecule has 3 heterocycles. The average molecular weight is 582 g/mol. The van der Waals surface area contributed by atoms with E-state index in [0.29, 0.717) is 47.1 Å². The van der Waals surface area contributed by atoms with E-state index in [1.165, 1.54) is 25.5 Å². The molecule has 10 heteroatoms. The quantitative estimate of drug-likeness (QED) is 0.323. The van der Waals surface area contributed by atoms with Gasteiger partial charge in [-0.1, -0.05) is 37.3 Å². The van der Waals surface area contributed by atoms with E-state index < -0.39 is 5.60 Å². The van der Waals surface area contributed by atoms with Crippen molar-refractivity contribution in [3.05, 3.63) is 46.9 Å². The van der Waals surface area contributed by atoms with Gasteiger partial charge in [-0.15, -0.1) is 0 Å². The summed E-state index contributed by atoms with van der Waals surface area (Å²) in [7, 11) is 0. The minimum atomic E-state index is -0.517. The fourth-order valence-electron chi connectivity index (χ4n) is 6.36. The van der Waals surface area contributed by atoms with Crippen molar-refractivity contribution in [3.8, 4) is 0 Å². The topological polar surface area (TPSA) is 113 Å². The number of amides is 2. The van der Waals surface area contributed by atoms with E-state index in [9.17, 15) is 9.59 Å². The first-order chi connectivity index (χ1) is 20.1. The molecular formula is C32H44FN5O4.